The predicted octanol–water partition coefficient (Wildman–Crippen LogP) is 3.37. The molecule has 20 heavy (non-hydrogen) atoms. The van der Waals surface area contributed by atoms with Crippen molar-refractivity contribution in [1.82, 2.24) is 9.78 Å². The zero-order valence-corrected chi connectivity index (χ0v) is 12.9. The van der Waals surface area contributed by atoms with Crippen molar-refractivity contribution < 1.29 is 9.90 Å². The van der Waals surface area contributed by atoms with E-state index >= 15 is 0 Å². The van der Waals surface area contributed by atoms with E-state index in [0.29, 0.717) is 18.5 Å². The van der Waals surface area contributed by atoms with Crippen LogP contribution in [0, 0.1) is 13.8 Å². The molecule has 5 heteroatoms. The van der Waals surface area contributed by atoms with Crippen LogP contribution in [-0.4, -0.2) is 20.9 Å². The summed E-state index contributed by atoms with van der Waals surface area (Å²) in [4.78, 5) is 11.4. The molecule has 1 aliphatic rings. The summed E-state index contributed by atoms with van der Waals surface area (Å²) >= 11 is 3.45. The molecular formula is C15H15BrN2O2. The van der Waals surface area contributed by atoms with Crippen LogP contribution in [0.15, 0.2) is 28.9 Å². The Morgan fingerprint density at radius 3 is 2.70 bits per heavy atom. The number of hydrogen-bond donors (Lipinski definition) is 1. The van der Waals surface area contributed by atoms with E-state index in [1.807, 2.05) is 26.1 Å². The van der Waals surface area contributed by atoms with Gasteiger partial charge in [-0.05, 0) is 59.8 Å². The van der Waals surface area contributed by atoms with Gasteiger partial charge >= 0.3 is 5.97 Å². The Balaban J connectivity index is 2.10. The lowest BCUT2D eigenvalue weighted by Gasteiger charge is -2.08. The summed E-state index contributed by atoms with van der Waals surface area (Å²) in [6, 6.07) is 6.15. The summed E-state index contributed by atoms with van der Waals surface area (Å²) in [7, 11) is 0. The number of nitrogens with zero attached hydrogens (tertiary/aromatic N) is 2. The molecule has 3 rings (SSSR count). The van der Waals surface area contributed by atoms with Gasteiger partial charge in [-0.15, -0.1) is 0 Å². The van der Waals surface area contributed by atoms with Gasteiger partial charge in [0.1, 0.15) is 5.41 Å². The van der Waals surface area contributed by atoms with Crippen molar-refractivity contribution in [2.24, 2.45) is 0 Å². The topological polar surface area (TPSA) is 55.1 Å². The molecule has 0 unspecified atom stereocenters. The Kier molecular flexibility index (Phi) is 2.97. The summed E-state index contributed by atoms with van der Waals surface area (Å²) in [5.41, 5.74) is 3.08. The zero-order chi connectivity index (χ0) is 14.5. The Bertz CT molecular complexity index is 702. The number of carboxylic acids is 1. The molecule has 0 radical (unpaired) electrons. The molecule has 104 valence electrons. The summed E-state index contributed by atoms with van der Waals surface area (Å²) in [5, 5.41) is 13.9. The number of halogens is 1. The van der Waals surface area contributed by atoms with Crippen LogP contribution in [0.5, 0.6) is 0 Å². The highest BCUT2D eigenvalue weighted by molar-refractivity contribution is 9.10. The molecule has 0 bridgehead atoms. The van der Waals surface area contributed by atoms with Crippen molar-refractivity contribution in [2.75, 3.05) is 0 Å². The molecule has 2 aromatic rings. The standard InChI is InChI=1S/C15H15BrN2O2/c1-9-3-4-10(2)12(7-9)18-8-11(16)13(17-18)15(5-6-15)14(19)20/h3-4,7-8H,5-6H2,1-2H3,(H,19,20). The van der Waals surface area contributed by atoms with Gasteiger partial charge in [-0.3, -0.25) is 4.79 Å². The second-order valence-electron chi connectivity index (χ2n) is 5.45. The first-order valence-electron chi connectivity index (χ1n) is 6.51. The molecule has 1 fully saturated rings. The highest BCUT2D eigenvalue weighted by atomic mass is 79.9. The van der Waals surface area contributed by atoms with Crippen LogP contribution in [-0.2, 0) is 10.2 Å². The molecule has 1 saturated carbocycles. The number of aryl methyl sites for hydroxylation is 2. The number of hydrogen-bond acceptors (Lipinski definition) is 2. The van der Waals surface area contributed by atoms with Crippen LogP contribution in [0.4, 0.5) is 0 Å². The Morgan fingerprint density at radius 1 is 1.40 bits per heavy atom. The van der Waals surface area contributed by atoms with Crippen LogP contribution in [0.2, 0.25) is 0 Å². The fraction of sp³-hybridized carbons (Fsp3) is 0.333. The van der Waals surface area contributed by atoms with Crippen molar-refractivity contribution in [1.29, 1.82) is 0 Å². The number of carbonyl (C=O) groups is 1. The van der Waals surface area contributed by atoms with Crippen molar-refractivity contribution in [3.05, 3.63) is 45.7 Å². The van der Waals surface area contributed by atoms with E-state index in [4.69, 9.17) is 0 Å². The van der Waals surface area contributed by atoms with E-state index in [0.717, 1.165) is 21.3 Å². The molecular weight excluding hydrogens is 320 g/mol. The van der Waals surface area contributed by atoms with Gasteiger partial charge in [-0.1, -0.05) is 12.1 Å². The van der Waals surface area contributed by atoms with Gasteiger partial charge in [0.2, 0.25) is 0 Å². The summed E-state index contributed by atoms with van der Waals surface area (Å²) in [6.07, 6.45) is 3.16. The van der Waals surface area contributed by atoms with Crippen LogP contribution in [0.25, 0.3) is 5.69 Å². The van der Waals surface area contributed by atoms with Crippen LogP contribution in [0.1, 0.15) is 29.7 Å². The van der Waals surface area contributed by atoms with Gasteiger partial charge in [0.15, 0.2) is 0 Å². The number of benzene rings is 1. The second kappa shape index (κ2) is 4.45. The minimum absolute atomic E-state index is 0.630. The SMILES string of the molecule is Cc1ccc(C)c(-n2cc(Br)c(C3(C(=O)O)CC3)n2)c1. The molecule has 4 nitrogen and oxygen atoms in total. The van der Waals surface area contributed by atoms with Crippen LogP contribution < -0.4 is 0 Å². The van der Waals surface area contributed by atoms with E-state index in [1.54, 1.807) is 4.68 Å². The van der Waals surface area contributed by atoms with E-state index < -0.39 is 11.4 Å². The van der Waals surface area contributed by atoms with Crippen LogP contribution in [0.3, 0.4) is 0 Å². The minimum Gasteiger partial charge on any atom is -0.481 e. The minimum atomic E-state index is -0.790. The van der Waals surface area contributed by atoms with E-state index in [2.05, 4.69) is 33.2 Å². The molecule has 1 aliphatic carbocycles. The molecule has 1 aromatic heterocycles. The monoisotopic (exact) mass is 334 g/mol. The largest absolute Gasteiger partial charge is 0.481 e. The molecule has 1 aromatic carbocycles. The quantitative estimate of drug-likeness (QED) is 0.936. The maximum absolute atomic E-state index is 11.4. The van der Waals surface area contributed by atoms with E-state index in [9.17, 15) is 9.90 Å². The molecule has 0 aliphatic heterocycles. The average molecular weight is 335 g/mol. The lowest BCUT2D eigenvalue weighted by Crippen LogP contribution is -2.20. The molecule has 1 N–H and O–H groups in total. The molecule has 0 amide bonds. The highest BCUT2D eigenvalue weighted by Gasteiger charge is 2.55. The number of carboxylic acid groups (broad SMARTS) is 1. The maximum Gasteiger partial charge on any atom is 0.315 e. The molecule has 0 atom stereocenters. The summed E-state index contributed by atoms with van der Waals surface area (Å²) in [5.74, 6) is -0.788. The zero-order valence-electron chi connectivity index (χ0n) is 11.4. The summed E-state index contributed by atoms with van der Waals surface area (Å²) < 4.78 is 2.53. The lowest BCUT2D eigenvalue weighted by molar-refractivity contribution is -0.140. The first-order valence-corrected chi connectivity index (χ1v) is 7.30. The van der Waals surface area contributed by atoms with Crippen molar-refractivity contribution >= 4 is 21.9 Å². The third kappa shape index (κ3) is 1.97. The van der Waals surface area contributed by atoms with Crippen LogP contribution >= 0.6 is 15.9 Å². The molecule has 1 heterocycles. The second-order valence-corrected chi connectivity index (χ2v) is 6.30. The van der Waals surface area contributed by atoms with Gasteiger partial charge in [0.25, 0.3) is 0 Å². The molecule has 0 spiro atoms. The Morgan fingerprint density at radius 2 is 2.10 bits per heavy atom. The predicted molar refractivity (Wildman–Crippen MR) is 79.3 cm³/mol. The van der Waals surface area contributed by atoms with Crippen molar-refractivity contribution in [3.8, 4) is 5.69 Å². The average Bonchev–Trinajstić information content (AvgIpc) is 3.11. The van der Waals surface area contributed by atoms with E-state index in [1.165, 1.54) is 0 Å². The number of aromatic nitrogens is 2. The van der Waals surface area contributed by atoms with Gasteiger partial charge in [-0.2, -0.15) is 5.10 Å². The first-order chi connectivity index (χ1) is 9.44. The number of aliphatic carboxylic acids is 1. The third-order valence-electron chi connectivity index (χ3n) is 3.89. The maximum atomic E-state index is 11.4. The summed E-state index contributed by atoms with van der Waals surface area (Å²) in [6.45, 7) is 4.05. The Labute approximate surface area is 125 Å². The fourth-order valence-corrected chi connectivity index (χ4v) is 3.10. The lowest BCUT2D eigenvalue weighted by atomic mass is 10.0. The van der Waals surface area contributed by atoms with Gasteiger partial charge in [0.05, 0.1) is 15.9 Å². The van der Waals surface area contributed by atoms with Gasteiger partial charge in [0, 0.05) is 6.20 Å². The van der Waals surface area contributed by atoms with Crippen molar-refractivity contribution in [2.45, 2.75) is 32.1 Å². The van der Waals surface area contributed by atoms with Crippen molar-refractivity contribution in [3.63, 3.8) is 0 Å². The first kappa shape index (κ1) is 13.4. The highest BCUT2D eigenvalue weighted by Crippen LogP contribution is 2.50. The normalized spacial score (nSPS) is 16.1. The van der Waals surface area contributed by atoms with Gasteiger partial charge < -0.3 is 5.11 Å². The fourth-order valence-electron chi connectivity index (χ4n) is 2.44. The smallest absolute Gasteiger partial charge is 0.315 e. The van der Waals surface area contributed by atoms with Gasteiger partial charge in [-0.25, -0.2) is 4.68 Å². The van der Waals surface area contributed by atoms with E-state index in [-0.39, 0.29) is 0 Å². The third-order valence-corrected chi connectivity index (χ3v) is 4.47. The Hall–Kier alpha value is -1.62. The number of rotatable bonds is 3. The molecule has 0 saturated heterocycles.